The minimum Gasteiger partial charge on any atom is -0.497 e. The van der Waals surface area contributed by atoms with E-state index in [1.165, 1.54) is 0 Å². The second-order valence-corrected chi connectivity index (χ2v) is 12.1. The standard InChI is InChI=1S/C45H32N2O5/c1-49-34-17-21-42-38(25-34)39-26-35(50-2)18-22-43(39)46(42)31-11-5-29(6-12-31)9-15-33(48)16-10-30-7-13-32(14-8-30)47-44-23-19-36(51-3)27-40(44)41-28-37(52-4)20-24-45(41)47/h5-8,11-14,17-28H,1-4H3. The Balaban J connectivity index is 1.03. The first kappa shape index (κ1) is 32.1. The lowest BCUT2D eigenvalue weighted by molar-refractivity contribution is -0.108. The van der Waals surface area contributed by atoms with E-state index in [4.69, 9.17) is 18.9 Å². The summed E-state index contributed by atoms with van der Waals surface area (Å²) >= 11 is 0. The van der Waals surface area contributed by atoms with Gasteiger partial charge in [-0.25, -0.2) is 0 Å². The molecular weight excluding hydrogens is 649 g/mol. The van der Waals surface area contributed by atoms with Crippen LogP contribution in [0.25, 0.3) is 55.0 Å². The lowest BCUT2D eigenvalue weighted by Gasteiger charge is -2.08. The fourth-order valence-electron chi connectivity index (χ4n) is 6.70. The Morgan fingerprint density at radius 2 is 0.712 bits per heavy atom. The van der Waals surface area contributed by atoms with Crippen LogP contribution in [0.3, 0.4) is 0 Å². The van der Waals surface area contributed by atoms with Crippen molar-refractivity contribution < 1.29 is 23.7 Å². The van der Waals surface area contributed by atoms with Gasteiger partial charge in [-0.05, 0) is 133 Å². The molecule has 7 nitrogen and oxygen atoms in total. The molecule has 0 N–H and O–H groups in total. The highest BCUT2D eigenvalue weighted by Gasteiger charge is 2.16. The molecule has 8 rings (SSSR count). The third-order valence-corrected chi connectivity index (χ3v) is 9.25. The predicted octanol–water partition coefficient (Wildman–Crippen LogP) is 8.89. The number of benzene rings is 6. The highest BCUT2D eigenvalue weighted by atomic mass is 16.5. The molecule has 7 heteroatoms. The predicted molar refractivity (Wildman–Crippen MR) is 207 cm³/mol. The summed E-state index contributed by atoms with van der Waals surface area (Å²) < 4.78 is 26.4. The Hall–Kier alpha value is -7.09. The van der Waals surface area contributed by atoms with Crippen molar-refractivity contribution in [1.82, 2.24) is 9.13 Å². The lowest BCUT2D eigenvalue weighted by atomic mass is 10.1. The number of ether oxygens (including phenoxy) is 4. The first-order chi connectivity index (χ1) is 25.5. The zero-order valence-corrected chi connectivity index (χ0v) is 29.0. The van der Waals surface area contributed by atoms with E-state index >= 15 is 0 Å². The van der Waals surface area contributed by atoms with Crippen molar-refractivity contribution in [2.45, 2.75) is 0 Å². The van der Waals surface area contributed by atoms with E-state index in [-0.39, 0.29) is 0 Å². The summed E-state index contributed by atoms with van der Waals surface area (Å²) in [7, 11) is 6.66. The first-order valence-electron chi connectivity index (χ1n) is 16.6. The van der Waals surface area contributed by atoms with Gasteiger partial charge in [0.05, 0.1) is 50.5 Å². The van der Waals surface area contributed by atoms with Crippen LogP contribution in [-0.4, -0.2) is 43.4 Å². The van der Waals surface area contributed by atoms with Gasteiger partial charge in [0.1, 0.15) is 23.0 Å². The molecule has 0 aliphatic carbocycles. The van der Waals surface area contributed by atoms with Crippen LogP contribution in [0.2, 0.25) is 0 Å². The molecule has 8 aromatic rings. The normalized spacial score (nSPS) is 10.8. The van der Waals surface area contributed by atoms with Gasteiger partial charge in [-0.15, -0.1) is 0 Å². The number of methoxy groups -OCH3 is 4. The molecule has 0 radical (unpaired) electrons. The minimum absolute atomic E-state index is 0.455. The maximum absolute atomic E-state index is 12.7. The first-order valence-corrected chi connectivity index (χ1v) is 16.6. The molecule has 0 saturated carbocycles. The van der Waals surface area contributed by atoms with Gasteiger partial charge in [-0.2, -0.15) is 0 Å². The summed E-state index contributed by atoms with van der Waals surface area (Å²) in [6.07, 6.45) is 0. The van der Waals surface area contributed by atoms with E-state index in [1.807, 2.05) is 97.1 Å². The maximum atomic E-state index is 12.7. The van der Waals surface area contributed by atoms with Gasteiger partial charge < -0.3 is 28.1 Å². The van der Waals surface area contributed by atoms with Crippen molar-refractivity contribution in [2.75, 3.05) is 28.4 Å². The SMILES string of the molecule is COc1ccc2c(c1)c1cc(OC)ccc1n2-c1ccc(C#CC(=O)C#Cc2ccc(-n3c4ccc(OC)cc4c4cc(OC)ccc43)cc2)cc1. The average Bonchev–Trinajstić information content (AvgIpc) is 3.70. The van der Waals surface area contributed by atoms with E-state index < -0.39 is 5.78 Å². The summed E-state index contributed by atoms with van der Waals surface area (Å²) in [5.74, 6) is 14.0. The van der Waals surface area contributed by atoms with Crippen molar-refractivity contribution in [1.29, 1.82) is 0 Å². The van der Waals surface area contributed by atoms with Crippen LogP contribution in [0.1, 0.15) is 11.1 Å². The molecule has 52 heavy (non-hydrogen) atoms. The summed E-state index contributed by atoms with van der Waals surface area (Å²) in [5, 5.41) is 4.24. The lowest BCUT2D eigenvalue weighted by Crippen LogP contribution is -1.94. The van der Waals surface area contributed by atoms with Crippen molar-refractivity contribution in [3.63, 3.8) is 0 Å². The van der Waals surface area contributed by atoms with Gasteiger partial charge >= 0.3 is 0 Å². The quantitative estimate of drug-likeness (QED) is 0.164. The molecule has 0 bridgehead atoms. The fraction of sp³-hybridized carbons (Fsp3) is 0.0889. The molecular formula is C45H32N2O5. The van der Waals surface area contributed by atoms with Crippen LogP contribution >= 0.6 is 0 Å². The van der Waals surface area contributed by atoms with E-state index in [0.29, 0.717) is 11.1 Å². The highest BCUT2D eigenvalue weighted by molar-refractivity contribution is 6.11. The molecule has 0 aliphatic heterocycles. The van der Waals surface area contributed by atoms with E-state index in [1.54, 1.807) is 28.4 Å². The zero-order chi connectivity index (χ0) is 35.8. The molecule has 0 fully saturated rings. The number of nitrogens with zero attached hydrogens (tertiary/aromatic N) is 2. The van der Waals surface area contributed by atoms with Crippen molar-refractivity contribution in [3.05, 3.63) is 132 Å². The van der Waals surface area contributed by atoms with Crippen LogP contribution in [0.5, 0.6) is 23.0 Å². The molecule has 0 saturated heterocycles. The number of rotatable bonds is 6. The Labute approximate surface area is 300 Å². The van der Waals surface area contributed by atoms with Crippen LogP contribution in [0.15, 0.2) is 121 Å². The van der Waals surface area contributed by atoms with Crippen LogP contribution in [-0.2, 0) is 4.79 Å². The number of fused-ring (bicyclic) bond motifs is 6. The monoisotopic (exact) mass is 680 g/mol. The summed E-state index contributed by atoms with van der Waals surface area (Å²) in [6, 6.07) is 39.8. The third-order valence-electron chi connectivity index (χ3n) is 9.25. The maximum Gasteiger partial charge on any atom is 0.279 e. The van der Waals surface area contributed by atoms with Gasteiger partial charge in [0.2, 0.25) is 0 Å². The van der Waals surface area contributed by atoms with Gasteiger partial charge in [0.15, 0.2) is 0 Å². The fourth-order valence-corrected chi connectivity index (χ4v) is 6.70. The number of hydrogen-bond donors (Lipinski definition) is 0. The largest absolute Gasteiger partial charge is 0.497 e. The number of carbonyl (C=O) groups is 1. The Bertz CT molecular complexity index is 2490. The van der Waals surface area contributed by atoms with Gasteiger partial charge in [-0.1, -0.05) is 11.8 Å². The van der Waals surface area contributed by atoms with Crippen LogP contribution in [0, 0.1) is 23.7 Å². The summed E-state index contributed by atoms with van der Waals surface area (Å²) in [4.78, 5) is 12.7. The molecule has 252 valence electrons. The zero-order valence-electron chi connectivity index (χ0n) is 29.0. The van der Waals surface area contributed by atoms with E-state index in [0.717, 1.165) is 78.0 Å². The topological polar surface area (TPSA) is 63.9 Å². The Morgan fingerprint density at radius 3 is 0.981 bits per heavy atom. The third kappa shape index (κ3) is 5.71. The number of hydrogen-bond acceptors (Lipinski definition) is 5. The molecule has 0 spiro atoms. The average molecular weight is 681 g/mol. The van der Waals surface area contributed by atoms with Gasteiger partial charge in [0, 0.05) is 44.0 Å². The van der Waals surface area contributed by atoms with Crippen molar-refractivity contribution in [3.8, 4) is 58.1 Å². The van der Waals surface area contributed by atoms with Gasteiger partial charge in [0.25, 0.3) is 5.78 Å². The molecule has 0 amide bonds. The number of ketones is 1. The minimum atomic E-state index is -0.455. The van der Waals surface area contributed by atoms with Crippen LogP contribution in [0.4, 0.5) is 0 Å². The Morgan fingerprint density at radius 1 is 0.423 bits per heavy atom. The molecule has 0 aliphatic rings. The molecule has 0 atom stereocenters. The molecule has 0 unspecified atom stereocenters. The summed E-state index contributed by atoms with van der Waals surface area (Å²) in [5.41, 5.74) is 7.53. The number of aromatic nitrogens is 2. The molecule has 2 aromatic heterocycles. The molecule has 2 heterocycles. The van der Waals surface area contributed by atoms with Crippen LogP contribution < -0.4 is 18.9 Å². The van der Waals surface area contributed by atoms with E-state index in [2.05, 4.69) is 57.1 Å². The second-order valence-electron chi connectivity index (χ2n) is 12.1. The second kappa shape index (κ2) is 13.3. The Kier molecular flexibility index (Phi) is 8.23. The van der Waals surface area contributed by atoms with Crippen molar-refractivity contribution in [2.24, 2.45) is 0 Å². The number of carbonyl (C=O) groups excluding carboxylic acids is 1. The molecule has 6 aromatic carbocycles. The van der Waals surface area contributed by atoms with E-state index in [9.17, 15) is 4.79 Å². The summed E-state index contributed by atoms with van der Waals surface area (Å²) in [6.45, 7) is 0. The van der Waals surface area contributed by atoms with Gasteiger partial charge in [-0.3, -0.25) is 4.79 Å². The smallest absolute Gasteiger partial charge is 0.279 e. The highest BCUT2D eigenvalue weighted by Crippen LogP contribution is 2.37. The van der Waals surface area contributed by atoms with Crippen molar-refractivity contribution >= 4 is 49.4 Å². The number of Topliss-reactive ketones (excluding diaryl/α,β-unsaturated/α-hetero) is 1.